The maximum Gasteiger partial charge on any atom is 0.286 e. The highest BCUT2D eigenvalue weighted by Gasteiger charge is 2.26. The highest BCUT2D eigenvalue weighted by Crippen LogP contribution is 2.25. The minimum absolute atomic E-state index is 0.154. The van der Waals surface area contributed by atoms with Gasteiger partial charge in [0.15, 0.2) is 5.37 Å². The van der Waals surface area contributed by atoms with E-state index in [2.05, 4.69) is 36.8 Å². The van der Waals surface area contributed by atoms with Crippen LogP contribution in [-0.4, -0.2) is 83.0 Å². The third kappa shape index (κ3) is 4.34. The average Bonchev–Trinajstić information content (AvgIpc) is 3.11. The van der Waals surface area contributed by atoms with Gasteiger partial charge in [-0.25, -0.2) is 9.97 Å². The number of likely N-dealkylation sites (N-methyl/N-ethyl adjacent to an activating group) is 1. The Labute approximate surface area is 164 Å². The zero-order valence-electron chi connectivity index (χ0n) is 16.2. The number of H-pyrrole nitrogens is 1. The van der Waals surface area contributed by atoms with Crippen molar-refractivity contribution in [2.45, 2.75) is 19.2 Å². The summed E-state index contributed by atoms with van der Waals surface area (Å²) in [5.74, 6) is 1.22. The second kappa shape index (κ2) is 7.89. The van der Waals surface area contributed by atoms with Crippen LogP contribution in [0.5, 0.6) is 0 Å². The predicted molar refractivity (Wildman–Crippen MR) is 108 cm³/mol. The number of imidazole rings is 1. The van der Waals surface area contributed by atoms with Gasteiger partial charge in [0.05, 0.1) is 17.6 Å². The van der Waals surface area contributed by atoms with Gasteiger partial charge in [-0.2, -0.15) is 13.4 Å². The summed E-state index contributed by atoms with van der Waals surface area (Å²) in [5.41, 5.74) is 7.06. The quantitative estimate of drug-likeness (QED) is 0.567. The van der Waals surface area contributed by atoms with E-state index in [1.165, 1.54) is 11.8 Å². The van der Waals surface area contributed by atoms with Gasteiger partial charge in [0, 0.05) is 38.8 Å². The molecule has 4 N–H and O–H groups in total. The number of piperazine rings is 1. The normalized spacial score (nSPS) is 16.9. The van der Waals surface area contributed by atoms with Gasteiger partial charge < -0.3 is 25.4 Å². The molecule has 3 heterocycles. The van der Waals surface area contributed by atoms with Gasteiger partial charge in [-0.05, 0) is 20.9 Å². The predicted octanol–water partition coefficient (Wildman–Crippen LogP) is 0.261. The molecular formula is C16H26N8O3S. The molecule has 1 fully saturated rings. The van der Waals surface area contributed by atoms with Crippen molar-refractivity contribution in [3.8, 4) is 11.4 Å². The van der Waals surface area contributed by atoms with Crippen molar-refractivity contribution in [2.75, 3.05) is 55.3 Å². The minimum Gasteiger partial charge on any atom is -0.368 e. The molecule has 0 radical (unpaired) electrons. The summed E-state index contributed by atoms with van der Waals surface area (Å²) in [6.45, 7) is 7.07. The summed E-state index contributed by atoms with van der Waals surface area (Å²) in [6.07, 6.45) is 1.56. The summed E-state index contributed by atoms with van der Waals surface area (Å²) in [4.78, 5) is 21.8. The van der Waals surface area contributed by atoms with Crippen LogP contribution in [0.15, 0.2) is 12.3 Å². The fourth-order valence-electron chi connectivity index (χ4n) is 3.11. The molecule has 0 spiro atoms. The lowest BCUT2D eigenvalue weighted by atomic mass is 10.2. The molecule has 0 amide bonds. The summed E-state index contributed by atoms with van der Waals surface area (Å²) < 4.78 is 32.3. The molecular weight excluding hydrogens is 384 g/mol. The van der Waals surface area contributed by atoms with Crippen LogP contribution in [0.3, 0.4) is 0 Å². The van der Waals surface area contributed by atoms with Gasteiger partial charge in [-0.1, -0.05) is 0 Å². The maximum absolute atomic E-state index is 11.5. The number of nitrogen functional groups attached to an aromatic ring is 1. The smallest absolute Gasteiger partial charge is 0.286 e. The van der Waals surface area contributed by atoms with E-state index < -0.39 is 15.5 Å². The van der Waals surface area contributed by atoms with E-state index in [4.69, 9.17) is 5.73 Å². The van der Waals surface area contributed by atoms with Gasteiger partial charge in [0.1, 0.15) is 5.82 Å². The van der Waals surface area contributed by atoms with Gasteiger partial charge in [0.2, 0.25) is 11.9 Å². The Morgan fingerprint density at radius 1 is 1.32 bits per heavy atom. The zero-order chi connectivity index (χ0) is 20.5. The first-order chi connectivity index (χ1) is 13.2. The van der Waals surface area contributed by atoms with Crippen molar-refractivity contribution >= 4 is 27.8 Å². The van der Waals surface area contributed by atoms with Crippen LogP contribution in [0.4, 0.5) is 17.7 Å². The molecule has 0 aliphatic carbocycles. The van der Waals surface area contributed by atoms with Crippen molar-refractivity contribution < 1.29 is 13.0 Å². The summed E-state index contributed by atoms with van der Waals surface area (Å²) in [5, 5.41) is -1.13. The van der Waals surface area contributed by atoms with Crippen LogP contribution in [0.2, 0.25) is 0 Å². The average molecular weight is 411 g/mol. The Bertz CT molecular complexity index is 924. The topological polar surface area (TPSA) is 145 Å². The highest BCUT2D eigenvalue weighted by molar-refractivity contribution is 7.86. The van der Waals surface area contributed by atoms with Gasteiger partial charge in [0.25, 0.3) is 10.1 Å². The van der Waals surface area contributed by atoms with Gasteiger partial charge in [-0.15, -0.1) is 0 Å². The lowest BCUT2D eigenvalue weighted by Crippen LogP contribution is -2.44. The molecule has 2 aromatic heterocycles. The van der Waals surface area contributed by atoms with Crippen molar-refractivity contribution in [1.82, 2.24) is 24.8 Å². The largest absolute Gasteiger partial charge is 0.368 e. The van der Waals surface area contributed by atoms with Crippen LogP contribution < -0.4 is 15.5 Å². The van der Waals surface area contributed by atoms with Crippen LogP contribution in [0.1, 0.15) is 13.8 Å². The van der Waals surface area contributed by atoms with E-state index in [0.29, 0.717) is 23.9 Å². The fourth-order valence-corrected chi connectivity index (χ4v) is 3.69. The first kappa shape index (κ1) is 20.3. The van der Waals surface area contributed by atoms with Gasteiger partial charge >= 0.3 is 0 Å². The molecule has 0 saturated carbocycles. The number of rotatable bonds is 6. The second-order valence-electron chi connectivity index (χ2n) is 6.78. The molecule has 3 rings (SSSR count). The molecule has 1 aliphatic rings. The Balaban J connectivity index is 1.88. The van der Waals surface area contributed by atoms with Crippen LogP contribution in [0.25, 0.3) is 11.4 Å². The molecule has 1 unspecified atom stereocenters. The molecule has 11 nitrogen and oxygen atoms in total. The number of nitrogens with one attached hydrogen (secondary N) is 1. The van der Waals surface area contributed by atoms with Crippen molar-refractivity contribution in [3.05, 3.63) is 12.3 Å². The maximum atomic E-state index is 11.5. The SMILES string of the molecule is CCN(c1ncc(-c2cc(N3CCN(C)CC3)nc(N)n2)[nH]1)C(C)S(=O)(=O)O. The van der Waals surface area contributed by atoms with Crippen molar-refractivity contribution in [1.29, 1.82) is 0 Å². The molecule has 0 aromatic carbocycles. The molecule has 1 atom stereocenters. The number of aromatic nitrogens is 4. The monoisotopic (exact) mass is 410 g/mol. The number of hydrogen-bond donors (Lipinski definition) is 3. The first-order valence-corrected chi connectivity index (χ1v) is 10.6. The summed E-state index contributed by atoms with van der Waals surface area (Å²) in [7, 11) is -2.16. The fraction of sp³-hybridized carbons (Fsp3) is 0.562. The van der Waals surface area contributed by atoms with Gasteiger partial charge in [-0.3, -0.25) is 4.55 Å². The van der Waals surface area contributed by atoms with E-state index in [1.807, 2.05) is 6.07 Å². The lowest BCUT2D eigenvalue weighted by molar-refractivity contribution is 0.312. The first-order valence-electron chi connectivity index (χ1n) is 9.05. The van der Waals surface area contributed by atoms with Crippen LogP contribution in [0, 0.1) is 0 Å². The van der Waals surface area contributed by atoms with Crippen molar-refractivity contribution in [2.24, 2.45) is 0 Å². The number of aromatic amines is 1. The number of nitrogens with two attached hydrogens (primary N) is 1. The number of hydrogen-bond acceptors (Lipinski definition) is 9. The number of anilines is 3. The Morgan fingerprint density at radius 3 is 2.61 bits per heavy atom. The summed E-state index contributed by atoms with van der Waals surface area (Å²) in [6, 6.07) is 1.83. The van der Waals surface area contributed by atoms with Crippen LogP contribution in [-0.2, 0) is 10.1 Å². The highest BCUT2D eigenvalue weighted by atomic mass is 32.2. The third-order valence-corrected chi connectivity index (χ3v) is 5.99. The molecule has 154 valence electrons. The molecule has 0 bridgehead atoms. The zero-order valence-corrected chi connectivity index (χ0v) is 17.0. The Hall–Kier alpha value is -2.44. The summed E-state index contributed by atoms with van der Waals surface area (Å²) >= 11 is 0. The number of nitrogens with zero attached hydrogens (tertiary/aromatic N) is 6. The minimum atomic E-state index is -4.24. The molecule has 1 aliphatic heterocycles. The Morgan fingerprint density at radius 2 is 2.00 bits per heavy atom. The molecule has 12 heteroatoms. The van der Waals surface area contributed by atoms with E-state index in [9.17, 15) is 13.0 Å². The van der Waals surface area contributed by atoms with E-state index in [-0.39, 0.29) is 5.95 Å². The second-order valence-corrected chi connectivity index (χ2v) is 8.49. The van der Waals surface area contributed by atoms with E-state index in [0.717, 1.165) is 32.0 Å². The van der Waals surface area contributed by atoms with E-state index in [1.54, 1.807) is 13.1 Å². The molecule has 28 heavy (non-hydrogen) atoms. The lowest BCUT2D eigenvalue weighted by Gasteiger charge is -2.33. The molecule has 1 saturated heterocycles. The van der Waals surface area contributed by atoms with Crippen LogP contribution >= 0.6 is 0 Å². The van der Waals surface area contributed by atoms with E-state index >= 15 is 0 Å². The van der Waals surface area contributed by atoms with Crippen molar-refractivity contribution in [3.63, 3.8) is 0 Å². The molecule has 2 aromatic rings. The Kier molecular flexibility index (Phi) is 5.72. The third-order valence-electron chi connectivity index (χ3n) is 4.88. The standard InChI is InChI=1S/C16H26N8O3S/c1-4-24(11(2)28(25,26)27)16-18-10-13(20-16)12-9-14(21-15(17)19-12)23-7-5-22(3)6-8-23/h9-11H,4-8H2,1-3H3,(H,18,20)(H2,17,19,21)(H,25,26,27).